The van der Waals surface area contributed by atoms with Crippen LogP contribution in [0.15, 0.2) is 48.5 Å². The molecule has 0 atom stereocenters. The first kappa shape index (κ1) is 23.0. The van der Waals surface area contributed by atoms with Crippen LogP contribution < -0.4 is 4.74 Å². The van der Waals surface area contributed by atoms with Crippen molar-refractivity contribution in [3.05, 3.63) is 59.7 Å². The van der Waals surface area contributed by atoms with Gasteiger partial charge in [0, 0.05) is 18.9 Å². The van der Waals surface area contributed by atoms with E-state index in [1.807, 2.05) is 48.5 Å². The molecule has 32 heavy (non-hydrogen) atoms. The van der Waals surface area contributed by atoms with Crippen molar-refractivity contribution >= 4 is 5.78 Å². The largest absolute Gasteiger partial charge is 0.457 e. The summed E-state index contributed by atoms with van der Waals surface area (Å²) in [5.41, 5.74) is 2.28. The van der Waals surface area contributed by atoms with Crippen LogP contribution in [0, 0.1) is 6.92 Å². The van der Waals surface area contributed by atoms with Gasteiger partial charge < -0.3 is 14.5 Å². The molecule has 0 aliphatic carbocycles. The van der Waals surface area contributed by atoms with Crippen molar-refractivity contribution in [2.24, 2.45) is 0 Å². The van der Waals surface area contributed by atoms with Crippen LogP contribution >= 0.6 is 0 Å². The van der Waals surface area contributed by atoms with E-state index in [0.29, 0.717) is 18.6 Å². The highest BCUT2D eigenvalue weighted by Crippen LogP contribution is 2.23. The molecule has 0 saturated carbocycles. The first-order valence-corrected chi connectivity index (χ1v) is 12.5. The molecule has 0 spiro atoms. The Morgan fingerprint density at radius 3 is 2.16 bits per heavy atom. The van der Waals surface area contributed by atoms with Crippen molar-refractivity contribution in [1.82, 2.24) is 9.80 Å². The smallest absolute Gasteiger partial charge is 0.137 e. The van der Waals surface area contributed by atoms with Gasteiger partial charge in [0.2, 0.25) is 0 Å². The van der Waals surface area contributed by atoms with Gasteiger partial charge in [-0.25, -0.2) is 0 Å². The zero-order valence-electron chi connectivity index (χ0n) is 19.6. The fourth-order valence-corrected chi connectivity index (χ4v) is 5.03. The zero-order valence-corrected chi connectivity index (χ0v) is 19.6. The predicted molar refractivity (Wildman–Crippen MR) is 131 cm³/mol. The van der Waals surface area contributed by atoms with E-state index in [1.54, 1.807) is 0 Å². The van der Waals surface area contributed by atoms with Crippen LogP contribution in [0.3, 0.4) is 0 Å². The monoisotopic (exact) mass is 434 g/mol. The summed E-state index contributed by atoms with van der Waals surface area (Å²) in [7, 11) is 0. The molecule has 4 heteroatoms. The Hall–Kier alpha value is -2.17. The van der Waals surface area contributed by atoms with E-state index >= 15 is 0 Å². The lowest BCUT2D eigenvalue weighted by atomic mass is 9.99. The molecule has 0 unspecified atom stereocenters. The first-order valence-electron chi connectivity index (χ1n) is 12.5. The van der Waals surface area contributed by atoms with Gasteiger partial charge in [0.15, 0.2) is 0 Å². The minimum Gasteiger partial charge on any atom is -0.457 e. The molecule has 0 amide bonds. The lowest BCUT2D eigenvalue weighted by molar-refractivity contribution is -0.118. The molecular weight excluding hydrogens is 396 g/mol. The van der Waals surface area contributed by atoms with Crippen LogP contribution in [0.5, 0.6) is 11.5 Å². The molecule has 2 heterocycles. The number of ether oxygens (including phenoxy) is 1. The van der Waals surface area contributed by atoms with Gasteiger partial charge in [-0.1, -0.05) is 36.2 Å². The summed E-state index contributed by atoms with van der Waals surface area (Å²) in [5, 5.41) is 0. The average molecular weight is 435 g/mol. The summed E-state index contributed by atoms with van der Waals surface area (Å²) in [6.07, 6.45) is 8.93. The lowest BCUT2D eigenvalue weighted by Crippen LogP contribution is -2.46. The third-order valence-corrected chi connectivity index (χ3v) is 6.98. The average Bonchev–Trinajstić information content (AvgIpc) is 2.83. The standard InChI is InChI=1S/C28H38N2O2/c1-23-7-11-27(12-8-23)32-28-13-9-24(10-14-28)22-26(31)6-5-17-29-20-15-25(16-21-29)30-18-3-2-4-19-30/h7-14,25H,2-6,15-22H2,1H3. The number of ketones is 1. The van der Waals surface area contributed by atoms with E-state index in [4.69, 9.17) is 4.74 Å². The number of hydrogen-bond acceptors (Lipinski definition) is 4. The minimum atomic E-state index is 0.334. The zero-order chi connectivity index (χ0) is 22.2. The van der Waals surface area contributed by atoms with E-state index in [2.05, 4.69) is 16.7 Å². The quantitative estimate of drug-likeness (QED) is 0.512. The highest BCUT2D eigenvalue weighted by Gasteiger charge is 2.25. The number of Topliss-reactive ketones (excluding diaryl/α,β-unsaturated/α-hetero) is 1. The second-order valence-electron chi connectivity index (χ2n) is 9.55. The summed E-state index contributed by atoms with van der Waals surface area (Å²) in [5.74, 6) is 1.97. The fraction of sp³-hybridized carbons (Fsp3) is 0.536. The van der Waals surface area contributed by atoms with E-state index < -0.39 is 0 Å². The Morgan fingerprint density at radius 1 is 0.875 bits per heavy atom. The number of aryl methyl sites for hydroxylation is 1. The molecule has 4 rings (SSSR count). The Morgan fingerprint density at radius 2 is 1.50 bits per heavy atom. The topological polar surface area (TPSA) is 32.8 Å². The molecule has 2 aromatic carbocycles. The molecular formula is C28H38N2O2. The van der Waals surface area contributed by atoms with Crippen LogP contribution in [0.1, 0.15) is 56.1 Å². The number of benzene rings is 2. The molecule has 2 fully saturated rings. The maximum absolute atomic E-state index is 12.5. The second kappa shape index (κ2) is 11.6. The predicted octanol–water partition coefficient (Wildman–Crippen LogP) is 5.63. The third kappa shape index (κ3) is 6.91. The highest BCUT2D eigenvalue weighted by molar-refractivity contribution is 5.80. The van der Waals surface area contributed by atoms with Gasteiger partial charge in [-0.15, -0.1) is 0 Å². The molecule has 2 aromatic rings. The lowest BCUT2D eigenvalue weighted by Gasteiger charge is -2.40. The summed E-state index contributed by atoms with van der Waals surface area (Å²) < 4.78 is 5.88. The maximum atomic E-state index is 12.5. The molecule has 0 aromatic heterocycles. The fourth-order valence-electron chi connectivity index (χ4n) is 5.03. The van der Waals surface area contributed by atoms with E-state index in [0.717, 1.165) is 36.1 Å². The van der Waals surface area contributed by atoms with Crippen molar-refractivity contribution in [2.75, 3.05) is 32.7 Å². The van der Waals surface area contributed by atoms with Gasteiger partial charge >= 0.3 is 0 Å². The van der Waals surface area contributed by atoms with Crippen molar-refractivity contribution in [3.8, 4) is 11.5 Å². The summed E-state index contributed by atoms with van der Waals surface area (Å²) in [4.78, 5) is 17.7. The third-order valence-electron chi connectivity index (χ3n) is 6.98. The Labute approximate surface area is 193 Å². The Bertz CT molecular complexity index is 833. The number of hydrogen-bond donors (Lipinski definition) is 0. The number of carbonyl (C=O) groups is 1. The molecule has 0 bridgehead atoms. The molecule has 4 nitrogen and oxygen atoms in total. The normalized spacial score (nSPS) is 18.5. The molecule has 0 radical (unpaired) electrons. The van der Waals surface area contributed by atoms with Crippen LogP contribution in [0.4, 0.5) is 0 Å². The first-order chi connectivity index (χ1) is 15.7. The summed E-state index contributed by atoms with van der Waals surface area (Å²) in [6.45, 7) is 8.11. The van der Waals surface area contributed by atoms with Crippen LogP contribution in [-0.2, 0) is 11.2 Å². The van der Waals surface area contributed by atoms with Crippen molar-refractivity contribution in [3.63, 3.8) is 0 Å². The number of nitrogens with zero attached hydrogens (tertiary/aromatic N) is 2. The van der Waals surface area contributed by atoms with Gasteiger partial charge in [-0.3, -0.25) is 4.79 Å². The Kier molecular flexibility index (Phi) is 8.36. The highest BCUT2D eigenvalue weighted by atomic mass is 16.5. The number of piperidine rings is 2. The molecule has 0 N–H and O–H groups in total. The molecule has 2 aliphatic rings. The Balaban J connectivity index is 1.13. The van der Waals surface area contributed by atoms with Gasteiger partial charge in [-0.05, 0) is 102 Å². The van der Waals surface area contributed by atoms with Crippen LogP contribution in [0.2, 0.25) is 0 Å². The number of carbonyl (C=O) groups excluding carboxylic acids is 1. The van der Waals surface area contributed by atoms with E-state index in [-0.39, 0.29) is 0 Å². The molecule has 2 saturated heterocycles. The summed E-state index contributed by atoms with van der Waals surface area (Å²) >= 11 is 0. The molecule has 172 valence electrons. The van der Waals surface area contributed by atoms with Crippen molar-refractivity contribution in [2.45, 2.75) is 64.3 Å². The van der Waals surface area contributed by atoms with Crippen molar-refractivity contribution < 1.29 is 9.53 Å². The molecule has 2 aliphatic heterocycles. The van der Waals surface area contributed by atoms with E-state index in [9.17, 15) is 4.79 Å². The number of likely N-dealkylation sites (tertiary alicyclic amines) is 2. The van der Waals surface area contributed by atoms with Gasteiger partial charge in [0.1, 0.15) is 17.3 Å². The van der Waals surface area contributed by atoms with Crippen LogP contribution in [-0.4, -0.2) is 54.3 Å². The van der Waals surface area contributed by atoms with Crippen LogP contribution in [0.25, 0.3) is 0 Å². The van der Waals surface area contributed by atoms with Gasteiger partial charge in [0.05, 0.1) is 0 Å². The van der Waals surface area contributed by atoms with Gasteiger partial charge in [-0.2, -0.15) is 0 Å². The van der Waals surface area contributed by atoms with Crippen molar-refractivity contribution in [1.29, 1.82) is 0 Å². The number of rotatable bonds is 9. The van der Waals surface area contributed by atoms with E-state index in [1.165, 1.54) is 63.8 Å². The SMILES string of the molecule is Cc1ccc(Oc2ccc(CC(=O)CCCN3CCC(N4CCCCC4)CC3)cc2)cc1. The second-order valence-corrected chi connectivity index (χ2v) is 9.55. The van der Waals surface area contributed by atoms with Gasteiger partial charge in [0.25, 0.3) is 0 Å². The maximum Gasteiger partial charge on any atom is 0.137 e. The summed E-state index contributed by atoms with van der Waals surface area (Å²) in [6, 6.07) is 16.7. The minimum absolute atomic E-state index is 0.334.